The molecule has 1 fully saturated rings. The van der Waals surface area contributed by atoms with Gasteiger partial charge in [-0.2, -0.15) is 13.2 Å². The average molecular weight is 901 g/mol. The quantitative estimate of drug-likeness (QED) is 0.0575. The van der Waals surface area contributed by atoms with Gasteiger partial charge in [0.2, 0.25) is 5.91 Å². The third-order valence-corrected chi connectivity index (χ3v) is 9.23. The van der Waals surface area contributed by atoms with Gasteiger partial charge in [0.25, 0.3) is 5.56 Å². The van der Waals surface area contributed by atoms with Gasteiger partial charge >= 0.3 is 12.1 Å². The van der Waals surface area contributed by atoms with Gasteiger partial charge < -0.3 is 67.5 Å². The Kier molecular flexibility index (Phi) is 24.7. The molecule has 1 amide bonds. The van der Waals surface area contributed by atoms with Gasteiger partial charge in [-0.25, -0.2) is 4.79 Å². The van der Waals surface area contributed by atoms with Crippen LogP contribution in [0, 0.1) is 0 Å². The van der Waals surface area contributed by atoms with Gasteiger partial charge in [-0.3, -0.25) is 9.59 Å². The summed E-state index contributed by atoms with van der Waals surface area (Å²) >= 11 is 0. The largest absolute Gasteiger partial charge is 0.462 e. The lowest BCUT2D eigenvalue weighted by Gasteiger charge is -2.14. The molecule has 1 aromatic heterocycles. The summed E-state index contributed by atoms with van der Waals surface area (Å²) < 4.78 is 99.9. The smallest absolute Gasteiger partial charge is 0.417 e. The minimum absolute atomic E-state index is 0.00384. The summed E-state index contributed by atoms with van der Waals surface area (Å²) in [5.74, 6) is -1.52. The van der Waals surface area contributed by atoms with Crippen LogP contribution >= 0.6 is 0 Å². The molecule has 0 aliphatic carbocycles. The number of esters is 1. The highest BCUT2D eigenvalue weighted by Gasteiger charge is 2.35. The average Bonchev–Trinajstić information content (AvgIpc) is 3.65. The molecule has 20 heteroatoms. The molecule has 0 bridgehead atoms. The molecule has 2 aromatic carbocycles. The number of halogens is 3. The van der Waals surface area contributed by atoms with E-state index in [0.717, 1.165) is 6.07 Å². The Hall–Kier alpha value is -4.06. The molecule has 2 atom stereocenters. The maximum Gasteiger partial charge on any atom is 0.417 e. The van der Waals surface area contributed by atoms with Gasteiger partial charge in [0.1, 0.15) is 13.2 Å². The van der Waals surface area contributed by atoms with E-state index in [2.05, 4.69) is 10.3 Å². The first kappa shape index (κ1) is 51.6. The molecule has 3 N–H and O–H groups in total. The molecule has 0 radical (unpaired) electrons. The number of hydrogen-bond acceptors (Lipinski definition) is 15. The fourth-order valence-corrected chi connectivity index (χ4v) is 6.19. The molecule has 17 nitrogen and oxygen atoms in total. The monoisotopic (exact) mass is 900 g/mol. The van der Waals surface area contributed by atoms with Gasteiger partial charge in [-0.05, 0) is 35.6 Å². The maximum absolute atomic E-state index is 13.6. The van der Waals surface area contributed by atoms with E-state index in [4.69, 9.17) is 57.2 Å². The molecule has 4 rings (SSSR count). The molecule has 1 unspecified atom stereocenters. The molecule has 0 saturated carbocycles. The minimum atomic E-state index is -4.60. The third kappa shape index (κ3) is 20.1. The van der Waals surface area contributed by atoms with Crippen molar-refractivity contribution in [2.24, 2.45) is 0 Å². The summed E-state index contributed by atoms with van der Waals surface area (Å²) in [7, 11) is 0. The number of carbonyl (C=O) groups is 2. The second kappa shape index (κ2) is 30.1. The van der Waals surface area contributed by atoms with Crippen molar-refractivity contribution in [1.29, 1.82) is 0 Å². The standard InChI is InChI=1S/C43H59F3N2O15/c44-43(45,46)38-4-2-1-3-35(38)39-28-33-6-5-32(27-36(33)42(52)48-39)37-29-34(47-41(37)51)30-63-40(50)31-62-26-25-61-24-23-60-22-21-59-20-19-58-18-17-57-16-15-56-14-13-55-12-11-54-10-9-53-8-7-49/h1-6,27-28,34,37,49H,7-26,29-31H2,(H,47,51)(H,48,52)/t34?,37-/m0/s1. The van der Waals surface area contributed by atoms with Crippen LogP contribution in [-0.4, -0.2) is 173 Å². The Morgan fingerprint density at radius 1 is 0.635 bits per heavy atom. The Morgan fingerprint density at radius 3 is 1.60 bits per heavy atom. The van der Waals surface area contributed by atoms with Crippen LogP contribution in [0.1, 0.15) is 23.5 Å². The SMILES string of the molecule is O=C(COCCOCCOCCOCCOCCOCCOCCOCCOCCOCCO)OCC1C[C@@H](c2ccc3cc(-c4ccccc4C(F)(F)F)[nH]c(=O)c3c2)C(=O)N1. The van der Waals surface area contributed by atoms with E-state index in [1.165, 1.54) is 24.3 Å². The number of nitrogens with one attached hydrogen (secondary N) is 2. The fourth-order valence-electron chi connectivity index (χ4n) is 6.19. The number of benzene rings is 2. The molecular weight excluding hydrogens is 841 g/mol. The first-order valence-corrected chi connectivity index (χ1v) is 20.8. The van der Waals surface area contributed by atoms with Gasteiger partial charge in [0, 0.05) is 16.6 Å². The maximum atomic E-state index is 13.6. The second-order valence-electron chi connectivity index (χ2n) is 13.9. The highest BCUT2D eigenvalue weighted by atomic mass is 19.4. The number of alkyl halides is 3. The highest BCUT2D eigenvalue weighted by molar-refractivity contribution is 5.90. The summed E-state index contributed by atoms with van der Waals surface area (Å²) in [5, 5.41) is 12.1. The number of aliphatic hydroxyl groups is 1. The lowest BCUT2D eigenvalue weighted by Crippen LogP contribution is -2.31. The first-order valence-electron chi connectivity index (χ1n) is 20.8. The number of hydrogen-bond donors (Lipinski definition) is 3. The highest BCUT2D eigenvalue weighted by Crippen LogP contribution is 2.37. The second-order valence-corrected chi connectivity index (χ2v) is 13.9. The molecule has 1 saturated heterocycles. The number of aromatic amines is 1. The van der Waals surface area contributed by atoms with Crippen LogP contribution in [0.4, 0.5) is 13.2 Å². The molecule has 63 heavy (non-hydrogen) atoms. The Morgan fingerprint density at radius 2 is 1.11 bits per heavy atom. The first-order chi connectivity index (χ1) is 30.7. The van der Waals surface area contributed by atoms with Crippen LogP contribution in [-0.2, 0) is 67.9 Å². The van der Waals surface area contributed by atoms with E-state index in [0.29, 0.717) is 130 Å². The number of H-pyrrole nitrogens is 1. The van der Waals surface area contributed by atoms with Gasteiger partial charge in [-0.1, -0.05) is 30.3 Å². The summed E-state index contributed by atoms with van der Waals surface area (Å²) in [6.45, 7) is 7.33. The van der Waals surface area contributed by atoms with Crippen molar-refractivity contribution in [3.05, 3.63) is 70.0 Å². The van der Waals surface area contributed by atoms with Crippen molar-refractivity contribution in [1.82, 2.24) is 10.3 Å². The molecule has 2 heterocycles. The predicted molar refractivity (Wildman–Crippen MR) is 221 cm³/mol. The number of aliphatic hydroxyl groups excluding tert-OH is 1. The number of fused-ring (bicyclic) bond motifs is 1. The van der Waals surface area contributed by atoms with Crippen LogP contribution in [0.2, 0.25) is 0 Å². The number of amides is 1. The van der Waals surface area contributed by atoms with E-state index in [-0.39, 0.29) is 55.6 Å². The summed E-state index contributed by atoms with van der Waals surface area (Å²) in [6, 6.07) is 10.8. The zero-order valence-corrected chi connectivity index (χ0v) is 35.3. The number of pyridine rings is 1. The van der Waals surface area contributed by atoms with E-state index < -0.39 is 35.2 Å². The van der Waals surface area contributed by atoms with Crippen molar-refractivity contribution in [2.45, 2.75) is 24.6 Å². The summed E-state index contributed by atoms with van der Waals surface area (Å²) in [4.78, 5) is 40.6. The lowest BCUT2D eigenvalue weighted by molar-refractivity contribution is -0.150. The molecule has 3 aromatic rings. The van der Waals surface area contributed by atoms with Crippen LogP contribution in [0.15, 0.2) is 53.3 Å². The lowest BCUT2D eigenvalue weighted by atomic mass is 9.93. The van der Waals surface area contributed by atoms with E-state index in [1.807, 2.05) is 0 Å². The van der Waals surface area contributed by atoms with Crippen LogP contribution in [0.5, 0.6) is 0 Å². The van der Waals surface area contributed by atoms with Crippen LogP contribution < -0.4 is 10.9 Å². The molecule has 352 valence electrons. The van der Waals surface area contributed by atoms with Crippen molar-refractivity contribution >= 4 is 22.6 Å². The zero-order chi connectivity index (χ0) is 45.0. The third-order valence-electron chi connectivity index (χ3n) is 9.23. The Bertz CT molecular complexity index is 1820. The number of rotatable bonds is 35. The number of ether oxygens (including phenoxy) is 11. The van der Waals surface area contributed by atoms with E-state index >= 15 is 0 Å². The van der Waals surface area contributed by atoms with Gasteiger partial charge in [-0.15, -0.1) is 0 Å². The predicted octanol–water partition coefficient (Wildman–Crippen LogP) is 2.89. The normalized spacial score (nSPS) is 15.3. The zero-order valence-electron chi connectivity index (χ0n) is 35.3. The van der Waals surface area contributed by atoms with Gasteiger partial charge in [0.15, 0.2) is 0 Å². The van der Waals surface area contributed by atoms with Crippen molar-refractivity contribution in [3.63, 3.8) is 0 Å². The Labute approximate surface area is 363 Å². The fraction of sp³-hybridized carbons (Fsp3) is 0.605. The van der Waals surface area contributed by atoms with Crippen molar-refractivity contribution < 1.29 is 80.0 Å². The van der Waals surface area contributed by atoms with Crippen molar-refractivity contribution in [3.8, 4) is 11.3 Å². The molecular formula is C43H59F3N2O15. The summed E-state index contributed by atoms with van der Waals surface area (Å²) in [6.07, 6.45) is -4.30. The molecule has 0 spiro atoms. The van der Waals surface area contributed by atoms with Crippen LogP contribution in [0.3, 0.4) is 0 Å². The topological polar surface area (TPSA) is 201 Å². The van der Waals surface area contributed by atoms with Crippen LogP contribution in [0.25, 0.3) is 22.0 Å². The molecule has 1 aliphatic heterocycles. The van der Waals surface area contributed by atoms with E-state index in [1.54, 1.807) is 18.2 Å². The van der Waals surface area contributed by atoms with Gasteiger partial charge in [0.05, 0.1) is 150 Å². The number of aromatic nitrogens is 1. The number of carbonyl (C=O) groups excluding carboxylic acids is 2. The Balaban J connectivity index is 0.920. The summed E-state index contributed by atoms with van der Waals surface area (Å²) in [5.41, 5.74) is -1.01. The van der Waals surface area contributed by atoms with E-state index in [9.17, 15) is 27.6 Å². The molecule has 1 aliphatic rings. The van der Waals surface area contributed by atoms with Crippen molar-refractivity contribution in [2.75, 3.05) is 145 Å². The minimum Gasteiger partial charge on any atom is -0.462 e.